The summed E-state index contributed by atoms with van der Waals surface area (Å²) in [5.41, 5.74) is 6.81. The topological polar surface area (TPSA) is 249 Å². The Bertz CT molecular complexity index is 1190. The molecule has 8 N–H and O–H groups in total. The van der Waals surface area contributed by atoms with Crippen LogP contribution in [0.25, 0.3) is 11.2 Å². The van der Waals surface area contributed by atoms with E-state index in [9.17, 15) is 30.6 Å². The minimum atomic E-state index is -1.56. The van der Waals surface area contributed by atoms with E-state index >= 15 is 0 Å². The maximum absolute atomic E-state index is 10.6. The van der Waals surface area contributed by atoms with E-state index in [1.807, 2.05) is 0 Å². The molecule has 9 atom stereocenters. The first-order valence-corrected chi connectivity index (χ1v) is 11.0. The van der Waals surface area contributed by atoms with E-state index in [4.69, 9.17) is 19.9 Å². The summed E-state index contributed by atoms with van der Waals surface area (Å²) in [5, 5.41) is 68.1. The van der Waals surface area contributed by atoms with E-state index in [0.29, 0.717) is 16.9 Å². The average Bonchev–Trinajstić information content (AvgIpc) is 3.57. The fourth-order valence-corrected chi connectivity index (χ4v) is 4.22. The molecule has 3 aromatic heterocycles. The summed E-state index contributed by atoms with van der Waals surface area (Å²) in [7, 11) is 0. The number of ether oxygens (including phenoxy) is 3. The number of nitrogen functional groups attached to an aromatic ring is 1. The summed E-state index contributed by atoms with van der Waals surface area (Å²) in [6.45, 7) is -0.720. The number of rotatable bonds is 7. The van der Waals surface area contributed by atoms with Crippen molar-refractivity contribution < 1.29 is 44.8 Å². The van der Waals surface area contributed by atoms with Crippen LogP contribution in [0, 0.1) is 0 Å². The molecule has 17 nitrogen and oxygen atoms in total. The van der Waals surface area contributed by atoms with Crippen molar-refractivity contribution in [2.45, 2.75) is 68.4 Å². The quantitative estimate of drug-likeness (QED) is 0.159. The molecule has 196 valence electrons. The molecule has 0 radical (unpaired) electrons. The summed E-state index contributed by atoms with van der Waals surface area (Å²) in [6.07, 6.45) is -7.25. The molecule has 0 aromatic carbocycles. The molecule has 17 heteroatoms. The predicted octanol–water partition coefficient (Wildman–Crippen LogP) is -4.36. The van der Waals surface area contributed by atoms with Crippen LogP contribution in [-0.2, 0) is 27.4 Å². The van der Waals surface area contributed by atoms with Crippen molar-refractivity contribution in [2.24, 2.45) is 0 Å². The molecule has 0 bridgehead atoms. The van der Waals surface area contributed by atoms with Crippen LogP contribution in [0.5, 0.6) is 0 Å². The van der Waals surface area contributed by atoms with Gasteiger partial charge in [-0.05, 0) is 0 Å². The molecule has 0 amide bonds. The van der Waals surface area contributed by atoms with Crippen molar-refractivity contribution in [2.75, 3.05) is 12.3 Å². The molecule has 5 rings (SSSR count). The van der Waals surface area contributed by atoms with Crippen LogP contribution in [0.3, 0.4) is 0 Å². The Morgan fingerprint density at radius 1 is 0.944 bits per heavy atom. The number of aromatic nitrogens is 7. The van der Waals surface area contributed by atoms with Crippen LogP contribution >= 0.6 is 0 Å². The van der Waals surface area contributed by atoms with Crippen molar-refractivity contribution in [1.29, 1.82) is 0 Å². The Balaban J connectivity index is 1.21. The zero-order valence-corrected chi connectivity index (χ0v) is 18.7. The van der Waals surface area contributed by atoms with Crippen LogP contribution in [0.4, 0.5) is 5.82 Å². The van der Waals surface area contributed by atoms with Gasteiger partial charge in [0.2, 0.25) is 0 Å². The number of nitrogens with two attached hydrogens (primary N) is 1. The van der Waals surface area contributed by atoms with Gasteiger partial charge in [-0.25, -0.2) is 19.6 Å². The van der Waals surface area contributed by atoms with Gasteiger partial charge >= 0.3 is 0 Å². The molecule has 2 aliphatic heterocycles. The monoisotopic (exact) mass is 510 g/mol. The Kier molecular flexibility index (Phi) is 6.81. The molecule has 0 saturated carbocycles. The van der Waals surface area contributed by atoms with E-state index in [0.717, 1.165) is 0 Å². The number of anilines is 1. The van der Waals surface area contributed by atoms with Crippen LogP contribution in [-0.4, -0.2) is 121 Å². The number of hydrogen-bond donors (Lipinski definition) is 7. The number of imidazole rings is 1. The van der Waals surface area contributed by atoms with Gasteiger partial charge in [-0.2, -0.15) is 0 Å². The SMILES string of the molecule is Nc1ncnc2c1ncn2[C@@H]1O[C@H](Cn2cc(CO[C@@H]3O[C@H](CO)[C@@H](O)[C@H](O)[C@H]3O)nn2)[C@@H](O)[C@H]1O. The van der Waals surface area contributed by atoms with Gasteiger partial charge in [-0.3, -0.25) is 4.57 Å². The fourth-order valence-electron chi connectivity index (χ4n) is 4.22. The first-order chi connectivity index (χ1) is 17.3. The van der Waals surface area contributed by atoms with Gasteiger partial charge in [0.25, 0.3) is 0 Å². The maximum atomic E-state index is 10.6. The highest BCUT2D eigenvalue weighted by molar-refractivity contribution is 5.81. The molecule has 0 spiro atoms. The molecule has 3 aromatic rings. The zero-order chi connectivity index (χ0) is 25.6. The molecule has 36 heavy (non-hydrogen) atoms. The fraction of sp³-hybridized carbons (Fsp3) is 0.632. The molecule has 2 fully saturated rings. The van der Waals surface area contributed by atoms with E-state index in [-0.39, 0.29) is 19.0 Å². The largest absolute Gasteiger partial charge is 0.394 e. The summed E-state index contributed by atoms with van der Waals surface area (Å²) in [5.74, 6) is 0.171. The molecule has 0 unspecified atom stereocenters. The standard InChI is InChI=1S/C19H26N8O9/c20-16-10-17(22-5-21-16)27(6-23-10)18-14(32)11(29)8(35-18)2-26-1-7(24-25-26)4-34-19-15(33)13(31)12(30)9(3-28)36-19/h1,5-6,8-9,11-15,18-19,28-33H,2-4H2,(H2,20,21,22)/t8-,9-,11-,12-,13+,14-,15-,18-,19-/m1/s1. The lowest BCUT2D eigenvalue weighted by Gasteiger charge is -2.39. The Hall–Kier alpha value is -2.87. The second-order valence-electron chi connectivity index (χ2n) is 8.57. The molecule has 0 aliphatic carbocycles. The average molecular weight is 510 g/mol. The van der Waals surface area contributed by atoms with Gasteiger partial charge < -0.3 is 50.6 Å². The third-order valence-electron chi connectivity index (χ3n) is 6.20. The number of fused-ring (bicyclic) bond motifs is 1. The van der Waals surface area contributed by atoms with Crippen molar-refractivity contribution in [3.8, 4) is 0 Å². The van der Waals surface area contributed by atoms with Gasteiger partial charge in [-0.15, -0.1) is 5.10 Å². The van der Waals surface area contributed by atoms with Gasteiger partial charge in [0, 0.05) is 0 Å². The lowest BCUT2D eigenvalue weighted by atomic mass is 9.99. The molecule has 5 heterocycles. The first kappa shape index (κ1) is 24.8. The predicted molar refractivity (Wildman–Crippen MR) is 114 cm³/mol. The second kappa shape index (κ2) is 9.88. The molecular formula is C19H26N8O9. The molecule has 2 aliphatic rings. The van der Waals surface area contributed by atoms with Gasteiger partial charge in [-0.1, -0.05) is 5.21 Å². The van der Waals surface area contributed by atoms with Crippen LogP contribution in [0.1, 0.15) is 11.9 Å². The minimum Gasteiger partial charge on any atom is -0.394 e. The lowest BCUT2D eigenvalue weighted by Crippen LogP contribution is -2.59. The highest BCUT2D eigenvalue weighted by atomic mass is 16.7. The summed E-state index contributed by atoms with van der Waals surface area (Å²) in [4.78, 5) is 12.1. The van der Waals surface area contributed by atoms with Gasteiger partial charge in [0.1, 0.15) is 60.3 Å². The first-order valence-electron chi connectivity index (χ1n) is 11.0. The zero-order valence-electron chi connectivity index (χ0n) is 18.7. The summed E-state index contributed by atoms with van der Waals surface area (Å²) < 4.78 is 19.4. The van der Waals surface area contributed by atoms with Gasteiger partial charge in [0.15, 0.2) is 24.0 Å². The number of aliphatic hydroxyl groups excluding tert-OH is 6. The third-order valence-corrected chi connectivity index (χ3v) is 6.20. The Morgan fingerprint density at radius 2 is 1.72 bits per heavy atom. The lowest BCUT2D eigenvalue weighted by molar-refractivity contribution is -0.304. The Morgan fingerprint density at radius 3 is 2.50 bits per heavy atom. The molecular weight excluding hydrogens is 484 g/mol. The normalized spacial score (nSPS) is 35.0. The van der Waals surface area contributed by atoms with Crippen molar-refractivity contribution >= 4 is 17.0 Å². The van der Waals surface area contributed by atoms with E-state index in [1.54, 1.807) is 0 Å². The van der Waals surface area contributed by atoms with E-state index in [1.165, 1.54) is 28.1 Å². The Labute approximate surface area is 202 Å². The van der Waals surface area contributed by atoms with E-state index in [2.05, 4.69) is 25.3 Å². The number of nitrogens with zero attached hydrogens (tertiary/aromatic N) is 7. The summed E-state index contributed by atoms with van der Waals surface area (Å²) in [6, 6.07) is 0. The highest BCUT2D eigenvalue weighted by Crippen LogP contribution is 2.32. The van der Waals surface area contributed by atoms with Crippen molar-refractivity contribution in [3.63, 3.8) is 0 Å². The number of hydrogen-bond acceptors (Lipinski definition) is 15. The second-order valence-corrected chi connectivity index (χ2v) is 8.57. The van der Waals surface area contributed by atoms with Gasteiger partial charge in [0.05, 0.1) is 32.3 Å². The van der Waals surface area contributed by atoms with Crippen LogP contribution in [0.2, 0.25) is 0 Å². The van der Waals surface area contributed by atoms with Crippen molar-refractivity contribution in [3.05, 3.63) is 24.5 Å². The maximum Gasteiger partial charge on any atom is 0.187 e. The van der Waals surface area contributed by atoms with Crippen LogP contribution < -0.4 is 5.73 Å². The van der Waals surface area contributed by atoms with Crippen molar-refractivity contribution in [1.82, 2.24) is 34.5 Å². The third kappa shape index (κ3) is 4.40. The number of aliphatic hydroxyl groups is 6. The minimum absolute atomic E-state index is 0.0333. The highest BCUT2D eigenvalue weighted by Gasteiger charge is 2.45. The molecule has 2 saturated heterocycles. The smallest absolute Gasteiger partial charge is 0.187 e. The summed E-state index contributed by atoms with van der Waals surface area (Å²) >= 11 is 0. The van der Waals surface area contributed by atoms with E-state index < -0.39 is 61.9 Å². The van der Waals surface area contributed by atoms with Crippen LogP contribution in [0.15, 0.2) is 18.9 Å².